The molecule has 30 heavy (non-hydrogen) atoms. The number of carbonyl (C=O) groups is 1. The molecule has 6 nitrogen and oxygen atoms in total. The first-order valence-corrected chi connectivity index (χ1v) is 9.36. The molecule has 0 saturated carbocycles. The van der Waals surface area contributed by atoms with Crippen LogP contribution in [0.15, 0.2) is 72.8 Å². The number of hydrogen-bond donors (Lipinski definition) is 0. The van der Waals surface area contributed by atoms with Gasteiger partial charge in [-0.05, 0) is 65.7 Å². The van der Waals surface area contributed by atoms with E-state index < -0.39 is 4.92 Å². The lowest BCUT2D eigenvalue weighted by atomic mass is 10.1. The zero-order valence-corrected chi connectivity index (χ0v) is 16.8. The minimum Gasteiger partial charge on any atom is -0.493 e. The second-order valence-electron chi connectivity index (χ2n) is 6.33. The third-order valence-electron chi connectivity index (χ3n) is 4.29. The smallest absolute Gasteiger partial charge is 0.269 e. The van der Waals surface area contributed by atoms with Crippen LogP contribution >= 0.6 is 11.6 Å². The molecule has 3 rings (SSSR count). The summed E-state index contributed by atoms with van der Waals surface area (Å²) in [5.41, 5.74) is 2.14. The van der Waals surface area contributed by atoms with E-state index >= 15 is 0 Å². The number of nitro groups is 1. The van der Waals surface area contributed by atoms with Gasteiger partial charge in [-0.25, -0.2) is 0 Å². The van der Waals surface area contributed by atoms with E-state index in [1.165, 1.54) is 25.3 Å². The highest BCUT2D eigenvalue weighted by Gasteiger charge is 2.08. The molecule has 0 heterocycles. The number of benzene rings is 3. The van der Waals surface area contributed by atoms with E-state index in [4.69, 9.17) is 21.1 Å². The van der Waals surface area contributed by atoms with E-state index in [0.717, 1.165) is 11.1 Å². The number of nitro benzene ring substituents is 1. The molecule has 0 atom stereocenters. The van der Waals surface area contributed by atoms with Crippen molar-refractivity contribution in [2.45, 2.75) is 6.61 Å². The molecule has 0 fully saturated rings. The number of nitrogens with zero attached hydrogens (tertiary/aromatic N) is 1. The van der Waals surface area contributed by atoms with E-state index in [2.05, 4.69) is 0 Å². The molecule has 0 aliphatic heterocycles. The Hall–Kier alpha value is -3.64. The Labute approximate surface area is 178 Å². The molecule has 0 unspecified atom stereocenters. The lowest BCUT2D eigenvalue weighted by Crippen LogP contribution is -1.98. The summed E-state index contributed by atoms with van der Waals surface area (Å²) in [5, 5.41) is 11.3. The molecule has 0 amide bonds. The van der Waals surface area contributed by atoms with Gasteiger partial charge in [0.25, 0.3) is 5.69 Å². The van der Waals surface area contributed by atoms with Crippen LogP contribution in [0.5, 0.6) is 11.5 Å². The molecule has 3 aromatic rings. The number of ether oxygens (including phenoxy) is 2. The lowest BCUT2D eigenvalue weighted by Gasteiger charge is -2.11. The van der Waals surface area contributed by atoms with Crippen molar-refractivity contribution in [3.63, 3.8) is 0 Å². The minimum absolute atomic E-state index is 0.0284. The molecular weight excluding hydrogens is 406 g/mol. The summed E-state index contributed by atoms with van der Waals surface area (Å²) in [6.07, 6.45) is 3.18. The first-order valence-electron chi connectivity index (χ1n) is 8.98. The zero-order valence-electron chi connectivity index (χ0n) is 16.1. The van der Waals surface area contributed by atoms with Gasteiger partial charge < -0.3 is 9.47 Å². The van der Waals surface area contributed by atoms with Crippen molar-refractivity contribution in [3.05, 3.63) is 105 Å². The van der Waals surface area contributed by atoms with Gasteiger partial charge in [0.1, 0.15) is 6.61 Å². The number of hydrogen-bond acceptors (Lipinski definition) is 5. The van der Waals surface area contributed by atoms with Crippen LogP contribution < -0.4 is 9.47 Å². The van der Waals surface area contributed by atoms with Gasteiger partial charge >= 0.3 is 0 Å². The molecule has 0 saturated heterocycles. The maximum atomic E-state index is 12.2. The van der Waals surface area contributed by atoms with Gasteiger partial charge in [-0.1, -0.05) is 23.7 Å². The van der Waals surface area contributed by atoms with Crippen molar-refractivity contribution in [3.8, 4) is 11.5 Å². The molecule has 0 bridgehead atoms. The fourth-order valence-electron chi connectivity index (χ4n) is 2.66. The second-order valence-corrected chi connectivity index (χ2v) is 6.76. The summed E-state index contributed by atoms with van der Waals surface area (Å²) in [7, 11) is 1.53. The summed E-state index contributed by atoms with van der Waals surface area (Å²) in [5.74, 6) is 0.902. The van der Waals surface area contributed by atoms with Gasteiger partial charge in [-0.3, -0.25) is 14.9 Å². The van der Waals surface area contributed by atoms with Crippen LogP contribution in [0.3, 0.4) is 0 Å². The number of non-ortho nitro benzene ring substituents is 1. The number of carbonyl (C=O) groups excluding carboxylic acids is 1. The van der Waals surface area contributed by atoms with Crippen LogP contribution in [0.2, 0.25) is 5.02 Å². The molecule has 7 heteroatoms. The van der Waals surface area contributed by atoms with E-state index in [0.29, 0.717) is 22.1 Å². The molecule has 0 N–H and O–H groups in total. The van der Waals surface area contributed by atoms with E-state index in [-0.39, 0.29) is 18.1 Å². The fraction of sp³-hybridized carbons (Fsp3) is 0.0870. The highest BCUT2D eigenvalue weighted by molar-refractivity contribution is 6.30. The van der Waals surface area contributed by atoms with Crippen LogP contribution in [0.4, 0.5) is 5.69 Å². The zero-order chi connectivity index (χ0) is 21.5. The Bertz CT molecular complexity index is 1080. The van der Waals surface area contributed by atoms with Gasteiger partial charge in [0, 0.05) is 22.7 Å². The van der Waals surface area contributed by atoms with Crippen molar-refractivity contribution in [1.82, 2.24) is 0 Å². The van der Waals surface area contributed by atoms with Crippen molar-refractivity contribution < 1.29 is 19.2 Å². The van der Waals surface area contributed by atoms with Crippen molar-refractivity contribution >= 4 is 29.1 Å². The van der Waals surface area contributed by atoms with Crippen LogP contribution in [-0.4, -0.2) is 17.8 Å². The highest BCUT2D eigenvalue weighted by atomic mass is 35.5. The lowest BCUT2D eigenvalue weighted by molar-refractivity contribution is -0.384. The molecular formula is C23H18ClNO5. The summed E-state index contributed by atoms with van der Waals surface area (Å²) < 4.78 is 11.2. The van der Waals surface area contributed by atoms with E-state index in [1.807, 2.05) is 0 Å². The number of rotatable bonds is 8. The first-order chi connectivity index (χ1) is 14.5. The van der Waals surface area contributed by atoms with Crippen LogP contribution in [0.1, 0.15) is 21.5 Å². The monoisotopic (exact) mass is 423 g/mol. The minimum atomic E-state index is -0.447. The molecule has 0 aliphatic rings. The molecule has 0 spiro atoms. The Morgan fingerprint density at radius 3 is 2.37 bits per heavy atom. The molecule has 0 aliphatic carbocycles. The molecule has 3 aromatic carbocycles. The van der Waals surface area contributed by atoms with Gasteiger partial charge in [0.05, 0.1) is 12.0 Å². The average molecular weight is 424 g/mol. The summed E-state index contributed by atoms with van der Waals surface area (Å²) in [4.78, 5) is 22.5. The topological polar surface area (TPSA) is 78.7 Å². The van der Waals surface area contributed by atoms with Crippen LogP contribution in [-0.2, 0) is 6.61 Å². The third-order valence-corrected chi connectivity index (χ3v) is 4.54. The summed E-state index contributed by atoms with van der Waals surface area (Å²) >= 11 is 5.84. The Morgan fingerprint density at radius 1 is 1.03 bits per heavy atom. The van der Waals surface area contributed by atoms with Gasteiger partial charge in [-0.2, -0.15) is 0 Å². The largest absolute Gasteiger partial charge is 0.493 e. The number of halogens is 1. The molecule has 0 aromatic heterocycles. The van der Waals surface area contributed by atoms with Crippen molar-refractivity contribution in [2.24, 2.45) is 0 Å². The van der Waals surface area contributed by atoms with Crippen molar-refractivity contribution in [1.29, 1.82) is 0 Å². The van der Waals surface area contributed by atoms with Crippen LogP contribution in [0, 0.1) is 10.1 Å². The third kappa shape index (κ3) is 5.46. The number of methoxy groups -OCH3 is 1. The van der Waals surface area contributed by atoms with E-state index in [9.17, 15) is 14.9 Å². The number of allylic oxidation sites excluding steroid dienone is 1. The SMILES string of the molecule is COc1cc(/C=C/C(=O)c2ccc(Cl)cc2)ccc1OCc1ccc([N+](=O)[O-])cc1. The van der Waals surface area contributed by atoms with Gasteiger partial charge in [0.15, 0.2) is 17.3 Å². The quantitative estimate of drug-likeness (QED) is 0.200. The maximum Gasteiger partial charge on any atom is 0.269 e. The van der Waals surface area contributed by atoms with Gasteiger partial charge in [-0.15, -0.1) is 0 Å². The van der Waals surface area contributed by atoms with Crippen molar-refractivity contribution in [2.75, 3.05) is 7.11 Å². The predicted molar refractivity (Wildman–Crippen MR) is 115 cm³/mol. The maximum absolute atomic E-state index is 12.2. The molecule has 152 valence electrons. The normalized spacial score (nSPS) is 10.7. The standard InChI is InChI=1S/C23H18ClNO5/c1-29-23-14-16(4-12-21(26)18-6-8-19(24)9-7-18)5-13-22(23)30-15-17-2-10-20(11-3-17)25(27)28/h2-14H,15H2,1H3/b12-4+. The Balaban J connectivity index is 1.67. The van der Waals surface area contributed by atoms with Crippen LogP contribution in [0.25, 0.3) is 6.08 Å². The molecule has 0 radical (unpaired) electrons. The Morgan fingerprint density at radius 2 is 1.73 bits per heavy atom. The number of ketones is 1. The van der Waals surface area contributed by atoms with Gasteiger partial charge in [0.2, 0.25) is 0 Å². The summed E-state index contributed by atoms with van der Waals surface area (Å²) in [6.45, 7) is 0.235. The second kappa shape index (κ2) is 9.71. The van der Waals surface area contributed by atoms with E-state index in [1.54, 1.807) is 60.7 Å². The predicted octanol–water partition coefficient (Wildman–Crippen LogP) is 5.73. The summed E-state index contributed by atoms with van der Waals surface area (Å²) in [6, 6.07) is 18.1. The fourth-order valence-corrected chi connectivity index (χ4v) is 2.79. The Kier molecular flexibility index (Phi) is 6.83. The highest BCUT2D eigenvalue weighted by Crippen LogP contribution is 2.29. The first kappa shape index (κ1) is 21.1. The average Bonchev–Trinajstić information content (AvgIpc) is 2.77.